The van der Waals surface area contributed by atoms with Crippen LogP contribution in [0.2, 0.25) is 0 Å². The highest BCUT2D eigenvalue weighted by Crippen LogP contribution is 2.37. The van der Waals surface area contributed by atoms with Crippen molar-refractivity contribution in [3.05, 3.63) is 64.7 Å². The van der Waals surface area contributed by atoms with Crippen molar-refractivity contribution in [3.8, 4) is 11.5 Å². The number of hydrogen-bond donors (Lipinski definition) is 3. The molecule has 11 heteroatoms. The molecule has 0 saturated heterocycles. The van der Waals surface area contributed by atoms with Crippen molar-refractivity contribution in [1.29, 1.82) is 0 Å². The van der Waals surface area contributed by atoms with Crippen LogP contribution in [-0.2, 0) is 4.79 Å². The van der Waals surface area contributed by atoms with Crippen LogP contribution >= 0.6 is 11.5 Å². The van der Waals surface area contributed by atoms with Gasteiger partial charge in [-0.1, -0.05) is 43.5 Å². The molecule has 0 unspecified atom stereocenters. The number of aromatic nitrogens is 1. The monoisotopic (exact) mass is 537 g/mol. The summed E-state index contributed by atoms with van der Waals surface area (Å²) in [6, 6.07) is 12.8. The molecule has 0 aliphatic heterocycles. The van der Waals surface area contributed by atoms with Gasteiger partial charge in [0, 0.05) is 11.7 Å². The van der Waals surface area contributed by atoms with Gasteiger partial charge in [-0.3, -0.25) is 19.3 Å². The molecule has 1 aliphatic rings. The summed E-state index contributed by atoms with van der Waals surface area (Å²) in [4.78, 5) is 41.3. The zero-order valence-corrected chi connectivity index (χ0v) is 22.1. The lowest BCUT2D eigenvalue weighted by Crippen LogP contribution is -2.47. The number of benzene rings is 2. The van der Waals surface area contributed by atoms with E-state index in [0.29, 0.717) is 22.7 Å². The number of nitrogens with two attached hydrogens (primary N) is 2. The van der Waals surface area contributed by atoms with E-state index in [4.69, 9.17) is 20.9 Å². The minimum atomic E-state index is -1.09. The number of primary amides is 1. The maximum atomic E-state index is 14.1. The molecule has 0 spiro atoms. The Balaban J connectivity index is 1.86. The molecule has 4 rings (SSSR count). The van der Waals surface area contributed by atoms with Gasteiger partial charge in [-0.2, -0.15) is 4.37 Å². The topological polar surface area (TPSA) is 150 Å². The minimum absolute atomic E-state index is 0.00144. The van der Waals surface area contributed by atoms with E-state index in [1.165, 1.54) is 19.1 Å². The smallest absolute Gasteiger partial charge is 0.273 e. The first-order valence-corrected chi connectivity index (χ1v) is 13.1. The van der Waals surface area contributed by atoms with E-state index >= 15 is 0 Å². The number of ether oxygens (including phenoxy) is 2. The second-order valence-corrected chi connectivity index (χ2v) is 9.78. The fourth-order valence-electron chi connectivity index (χ4n) is 4.68. The van der Waals surface area contributed by atoms with E-state index < -0.39 is 17.9 Å². The van der Waals surface area contributed by atoms with Gasteiger partial charge < -0.3 is 26.3 Å². The Morgan fingerprint density at radius 3 is 2.32 bits per heavy atom. The SMILES string of the molecule is COc1ccc([C@H](C(=O)NC2CCCCC2)N(C(=O)c2snc(C(N)=O)c2N)c2ccccc2)cc1OC. The first kappa shape index (κ1) is 26.9. The van der Waals surface area contributed by atoms with Crippen LogP contribution in [0.25, 0.3) is 0 Å². The first-order valence-electron chi connectivity index (χ1n) is 12.3. The number of para-hydroxylation sites is 1. The molecule has 1 fully saturated rings. The van der Waals surface area contributed by atoms with E-state index in [-0.39, 0.29) is 28.2 Å². The molecule has 3 aromatic rings. The van der Waals surface area contributed by atoms with Crippen molar-refractivity contribution in [2.24, 2.45) is 5.73 Å². The number of nitrogens with zero attached hydrogens (tertiary/aromatic N) is 2. The molecule has 200 valence electrons. The maximum absolute atomic E-state index is 14.1. The number of methoxy groups -OCH3 is 2. The van der Waals surface area contributed by atoms with Gasteiger partial charge in [0.15, 0.2) is 17.2 Å². The number of amides is 3. The summed E-state index contributed by atoms with van der Waals surface area (Å²) < 4.78 is 14.9. The number of nitrogen functional groups attached to an aromatic ring is 1. The van der Waals surface area contributed by atoms with Gasteiger partial charge in [0.05, 0.1) is 19.9 Å². The number of anilines is 2. The average Bonchev–Trinajstić information content (AvgIpc) is 3.33. The summed E-state index contributed by atoms with van der Waals surface area (Å²) in [6.45, 7) is 0. The van der Waals surface area contributed by atoms with Crippen LogP contribution in [0, 0.1) is 0 Å². The van der Waals surface area contributed by atoms with Gasteiger partial charge in [0.25, 0.3) is 11.8 Å². The van der Waals surface area contributed by atoms with E-state index in [0.717, 1.165) is 43.6 Å². The highest BCUT2D eigenvalue weighted by Gasteiger charge is 2.37. The molecular weight excluding hydrogens is 506 g/mol. The molecule has 10 nitrogen and oxygen atoms in total. The van der Waals surface area contributed by atoms with Crippen LogP contribution in [0.15, 0.2) is 48.5 Å². The summed E-state index contributed by atoms with van der Waals surface area (Å²) in [5.74, 6) is -0.875. The molecule has 2 aromatic carbocycles. The van der Waals surface area contributed by atoms with Crippen molar-refractivity contribution in [2.75, 3.05) is 24.9 Å². The Labute approximate surface area is 225 Å². The Morgan fingerprint density at radius 1 is 1.03 bits per heavy atom. The van der Waals surface area contributed by atoms with E-state index in [1.54, 1.807) is 42.5 Å². The predicted molar refractivity (Wildman–Crippen MR) is 146 cm³/mol. The highest BCUT2D eigenvalue weighted by molar-refractivity contribution is 7.09. The van der Waals surface area contributed by atoms with Crippen LogP contribution < -0.4 is 31.2 Å². The number of carbonyl (C=O) groups excluding carboxylic acids is 3. The molecule has 1 atom stereocenters. The first-order chi connectivity index (χ1) is 18.3. The maximum Gasteiger partial charge on any atom is 0.273 e. The van der Waals surface area contributed by atoms with Gasteiger partial charge in [-0.15, -0.1) is 0 Å². The van der Waals surface area contributed by atoms with Gasteiger partial charge in [0.2, 0.25) is 5.91 Å². The van der Waals surface area contributed by atoms with Crippen LogP contribution in [0.5, 0.6) is 11.5 Å². The summed E-state index contributed by atoms with van der Waals surface area (Å²) in [5, 5.41) is 3.16. The fourth-order valence-corrected chi connectivity index (χ4v) is 5.42. The molecule has 1 aromatic heterocycles. The van der Waals surface area contributed by atoms with Crippen molar-refractivity contribution >= 4 is 40.6 Å². The van der Waals surface area contributed by atoms with Crippen molar-refractivity contribution in [2.45, 2.75) is 44.2 Å². The summed E-state index contributed by atoms with van der Waals surface area (Å²) in [5.41, 5.74) is 12.2. The lowest BCUT2D eigenvalue weighted by atomic mass is 9.94. The van der Waals surface area contributed by atoms with Gasteiger partial charge >= 0.3 is 0 Å². The average molecular weight is 538 g/mol. The molecular formula is C27H31N5O5S. The molecule has 38 heavy (non-hydrogen) atoms. The number of rotatable bonds is 9. The Morgan fingerprint density at radius 2 is 1.71 bits per heavy atom. The van der Waals surface area contributed by atoms with Gasteiger partial charge in [-0.25, -0.2) is 0 Å². The van der Waals surface area contributed by atoms with Crippen LogP contribution in [0.3, 0.4) is 0 Å². The number of nitrogens with one attached hydrogen (secondary N) is 1. The van der Waals surface area contributed by atoms with E-state index in [9.17, 15) is 14.4 Å². The zero-order chi connectivity index (χ0) is 27.2. The summed E-state index contributed by atoms with van der Waals surface area (Å²) in [7, 11) is 3.02. The molecule has 1 heterocycles. The van der Waals surface area contributed by atoms with Crippen LogP contribution in [0.1, 0.15) is 63.9 Å². The lowest BCUT2D eigenvalue weighted by molar-refractivity contribution is -0.123. The third kappa shape index (κ3) is 5.57. The third-order valence-corrected chi connectivity index (χ3v) is 7.44. The van der Waals surface area contributed by atoms with Crippen molar-refractivity contribution in [3.63, 3.8) is 0 Å². The Kier molecular flexibility index (Phi) is 8.47. The second-order valence-electron chi connectivity index (χ2n) is 9.01. The standard InChI is InChI=1S/C27H31N5O5S/c1-36-19-14-13-16(15-20(19)37-2)23(26(34)30-17-9-5-3-6-10-17)32(18-11-7-4-8-12-18)27(35)24-21(28)22(25(29)33)31-38-24/h4,7-8,11-15,17,23H,3,5-6,9-10,28H2,1-2H3,(H2,29,33)(H,30,34)/t23-/m1/s1. The molecule has 0 bridgehead atoms. The van der Waals surface area contributed by atoms with Gasteiger partial charge in [-0.05, 0) is 54.2 Å². The Bertz CT molecular complexity index is 1310. The largest absolute Gasteiger partial charge is 0.493 e. The second kappa shape index (κ2) is 12.0. The Hall–Kier alpha value is -4.12. The molecule has 1 saturated carbocycles. The van der Waals surface area contributed by atoms with E-state index in [1.807, 2.05) is 6.07 Å². The molecule has 5 N–H and O–H groups in total. The zero-order valence-electron chi connectivity index (χ0n) is 21.3. The van der Waals surface area contributed by atoms with Crippen molar-refractivity contribution < 1.29 is 23.9 Å². The quantitative estimate of drug-likeness (QED) is 0.377. The van der Waals surface area contributed by atoms with Gasteiger partial charge in [0.1, 0.15) is 10.9 Å². The normalized spacial score (nSPS) is 14.4. The molecule has 0 radical (unpaired) electrons. The van der Waals surface area contributed by atoms with Crippen molar-refractivity contribution in [1.82, 2.24) is 9.69 Å². The molecule has 1 aliphatic carbocycles. The van der Waals surface area contributed by atoms with E-state index in [2.05, 4.69) is 9.69 Å². The predicted octanol–water partition coefficient (Wildman–Crippen LogP) is 3.68. The molecule has 3 amide bonds. The highest BCUT2D eigenvalue weighted by atomic mass is 32.1. The minimum Gasteiger partial charge on any atom is -0.493 e. The number of carbonyl (C=O) groups is 3. The fraction of sp³-hybridized carbons (Fsp3) is 0.333. The summed E-state index contributed by atoms with van der Waals surface area (Å²) in [6.07, 6.45) is 4.93. The van der Waals surface area contributed by atoms with Crippen LogP contribution in [0.4, 0.5) is 11.4 Å². The third-order valence-electron chi connectivity index (χ3n) is 6.59. The van der Waals surface area contributed by atoms with Crippen LogP contribution in [-0.4, -0.2) is 42.4 Å². The summed E-state index contributed by atoms with van der Waals surface area (Å²) >= 11 is 0.766. The lowest BCUT2D eigenvalue weighted by Gasteiger charge is -2.33. The number of hydrogen-bond acceptors (Lipinski definition) is 8.